The first-order chi connectivity index (χ1) is 6.35. The van der Waals surface area contributed by atoms with E-state index < -0.39 is 8.69 Å². The summed E-state index contributed by atoms with van der Waals surface area (Å²) >= 11 is 0. The summed E-state index contributed by atoms with van der Waals surface area (Å²) in [5.74, 6) is 0. The van der Waals surface area contributed by atoms with Gasteiger partial charge in [-0.1, -0.05) is 22.8 Å². The van der Waals surface area contributed by atoms with E-state index in [0.29, 0.717) is 6.61 Å². The Hall–Kier alpha value is -0.620. The van der Waals surface area contributed by atoms with Crippen molar-refractivity contribution in [1.82, 2.24) is 0 Å². The molecule has 0 radical (unpaired) electrons. The highest BCUT2D eigenvalue weighted by Gasteiger charge is 1.91. The third kappa shape index (κ3) is 7.73. The average molecular weight is 218 g/mol. The van der Waals surface area contributed by atoms with Gasteiger partial charge >= 0.3 is 17.1 Å². The van der Waals surface area contributed by atoms with Crippen LogP contribution >= 0.6 is 17.1 Å². The number of hydrogen-bond acceptors (Lipinski definition) is 3. The van der Waals surface area contributed by atoms with Crippen LogP contribution in [0.5, 0.6) is 0 Å². The molecule has 70 valence electrons. The van der Waals surface area contributed by atoms with Crippen molar-refractivity contribution in [2.45, 2.75) is 6.92 Å². The topological polar surface area (TPSA) is 43.4 Å². The molecule has 0 bridgehead atoms. The zero-order valence-electron chi connectivity index (χ0n) is 7.32. The Balaban J connectivity index is 0.000000252. The van der Waals surface area contributed by atoms with E-state index in [9.17, 15) is 9.13 Å². The van der Waals surface area contributed by atoms with Crippen molar-refractivity contribution in [3.8, 4) is 0 Å². The van der Waals surface area contributed by atoms with Crippen LogP contribution < -0.4 is 5.30 Å². The first kappa shape index (κ1) is 12.4. The Morgan fingerprint density at radius 1 is 1.23 bits per heavy atom. The van der Waals surface area contributed by atoms with Crippen LogP contribution in [0.15, 0.2) is 30.3 Å². The predicted octanol–water partition coefficient (Wildman–Crippen LogP) is 2.30. The van der Waals surface area contributed by atoms with Crippen LogP contribution in [-0.4, -0.2) is 6.61 Å². The molecule has 0 aromatic heterocycles. The molecule has 0 saturated carbocycles. The highest BCUT2D eigenvalue weighted by molar-refractivity contribution is 7.34. The van der Waals surface area contributed by atoms with Crippen molar-refractivity contribution in [3.05, 3.63) is 30.3 Å². The summed E-state index contributed by atoms with van der Waals surface area (Å²) in [6.45, 7) is 2.34. The number of hydrogen-bond donors (Lipinski definition) is 0. The van der Waals surface area contributed by atoms with E-state index >= 15 is 0 Å². The Morgan fingerprint density at radius 2 is 1.85 bits per heavy atom. The molecule has 1 aromatic rings. The fraction of sp³-hybridized carbons (Fsp3) is 0.250. The summed E-state index contributed by atoms with van der Waals surface area (Å²) in [4.78, 5) is 0. The first-order valence-corrected chi connectivity index (χ1v) is 5.49. The summed E-state index contributed by atoms with van der Waals surface area (Å²) in [5, 5.41) is 0.882. The van der Waals surface area contributed by atoms with Gasteiger partial charge in [-0.15, -0.1) is 4.52 Å². The molecular weight excluding hydrogens is 206 g/mol. The summed E-state index contributed by atoms with van der Waals surface area (Å²) in [5.41, 5.74) is 0. The molecule has 0 N–H and O–H groups in total. The van der Waals surface area contributed by atoms with Gasteiger partial charge in [0.05, 0.1) is 6.61 Å². The van der Waals surface area contributed by atoms with Crippen LogP contribution in [-0.2, 0) is 13.7 Å². The maximum Gasteiger partial charge on any atom is 0.494 e. The van der Waals surface area contributed by atoms with Crippen LogP contribution in [0.2, 0.25) is 0 Å². The van der Waals surface area contributed by atoms with Crippen molar-refractivity contribution in [2.24, 2.45) is 0 Å². The van der Waals surface area contributed by atoms with Gasteiger partial charge < -0.3 is 0 Å². The second kappa shape index (κ2) is 9.47. The van der Waals surface area contributed by atoms with Gasteiger partial charge in [-0.3, -0.25) is 0 Å². The standard InChI is InChI=1S/C6H5OP.C2H6O2P/c7-8-6-4-2-1-3-5-6;1-2-4-5-3/h1-5H;5H,2H2,1H3/q;+1/p+1. The van der Waals surface area contributed by atoms with Gasteiger partial charge in [-0.2, -0.15) is 0 Å². The molecule has 0 amide bonds. The molecule has 3 nitrogen and oxygen atoms in total. The van der Waals surface area contributed by atoms with Crippen LogP contribution in [0.25, 0.3) is 0 Å². The monoisotopic (exact) mass is 218 g/mol. The molecule has 2 unspecified atom stereocenters. The molecule has 0 spiro atoms. The van der Waals surface area contributed by atoms with Crippen molar-refractivity contribution in [1.29, 1.82) is 0 Å². The third-order valence-electron chi connectivity index (χ3n) is 1.09. The second-order valence-corrected chi connectivity index (χ2v) is 3.22. The van der Waals surface area contributed by atoms with E-state index in [1.165, 1.54) is 0 Å². The maximum absolute atomic E-state index is 10.2. The minimum absolute atomic E-state index is 0.320. The molecular formula is C8H12O3P2+2. The van der Waals surface area contributed by atoms with Gasteiger partial charge in [-0.05, 0) is 23.6 Å². The first-order valence-electron chi connectivity index (χ1n) is 3.77. The highest BCUT2D eigenvalue weighted by Crippen LogP contribution is 1.92. The molecule has 0 aliphatic carbocycles. The van der Waals surface area contributed by atoms with E-state index in [4.69, 9.17) is 0 Å². The van der Waals surface area contributed by atoms with Gasteiger partial charge in [0, 0.05) is 0 Å². The van der Waals surface area contributed by atoms with E-state index in [0.717, 1.165) is 5.30 Å². The third-order valence-corrected chi connectivity index (χ3v) is 2.07. The van der Waals surface area contributed by atoms with E-state index in [2.05, 4.69) is 4.52 Å². The highest BCUT2D eigenvalue weighted by atomic mass is 31.1. The summed E-state index contributed by atoms with van der Waals surface area (Å²) in [7, 11) is -0.912. The molecule has 2 atom stereocenters. The van der Waals surface area contributed by atoms with Gasteiger partial charge in [0.15, 0.2) is 5.30 Å². The van der Waals surface area contributed by atoms with Crippen LogP contribution in [0.1, 0.15) is 6.92 Å². The lowest BCUT2D eigenvalue weighted by atomic mass is 10.4. The molecule has 1 aromatic carbocycles. The fourth-order valence-electron chi connectivity index (χ4n) is 0.565. The molecule has 5 heteroatoms. The molecule has 1 rings (SSSR count). The van der Waals surface area contributed by atoms with E-state index in [1.807, 2.05) is 30.3 Å². The van der Waals surface area contributed by atoms with Crippen molar-refractivity contribution >= 4 is 22.5 Å². The summed E-state index contributed by atoms with van der Waals surface area (Å²) in [6, 6.07) is 9.33. The van der Waals surface area contributed by atoms with Crippen LogP contribution in [0.3, 0.4) is 0 Å². The number of rotatable bonds is 3. The lowest BCUT2D eigenvalue weighted by Gasteiger charge is -1.74. The van der Waals surface area contributed by atoms with E-state index in [1.54, 1.807) is 6.92 Å². The Bertz CT molecular complexity index is 238. The molecule has 0 fully saturated rings. The molecule has 0 aliphatic heterocycles. The normalized spacial score (nSPS) is 9.31. The summed E-state index contributed by atoms with van der Waals surface area (Å²) < 4.78 is 23.8. The lowest BCUT2D eigenvalue weighted by Crippen LogP contribution is -1.84. The Labute approximate surface area is 80.6 Å². The zero-order valence-corrected chi connectivity index (χ0v) is 9.32. The van der Waals surface area contributed by atoms with Crippen molar-refractivity contribution in [2.75, 3.05) is 6.61 Å². The Morgan fingerprint density at radius 3 is 2.08 bits per heavy atom. The van der Waals surface area contributed by atoms with Crippen molar-refractivity contribution in [3.63, 3.8) is 0 Å². The quantitative estimate of drug-likeness (QED) is 0.731. The van der Waals surface area contributed by atoms with Gasteiger partial charge in [-0.25, -0.2) is 0 Å². The van der Waals surface area contributed by atoms with Crippen molar-refractivity contribution < 1.29 is 13.7 Å². The minimum atomic E-state index is -0.592. The summed E-state index contributed by atoms with van der Waals surface area (Å²) in [6.07, 6.45) is 0. The molecule has 0 saturated heterocycles. The van der Waals surface area contributed by atoms with Gasteiger partial charge in [0.25, 0.3) is 0 Å². The fourth-order valence-corrected chi connectivity index (χ4v) is 1.01. The molecule has 0 heterocycles. The SMILES string of the molecule is CCO[PH+]=O.O=[PH+]c1ccccc1. The zero-order chi connectivity index (χ0) is 9.94. The predicted molar refractivity (Wildman–Crippen MR) is 55.7 cm³/mol. The smallest absolute Gasteiger partial charge is 0.148 e. The molecule has 13 heavy (non-hydrogen) atoms. The minimum Gasteiger partial charge on any atom is -0.148 e. The van der Waals surface area contributed by atoms with Gasteiger partial charge in [0.1, 0.15) is 0 Å². The molecule has 0 aliphatic rings. The average Bonchev–Trinajstić information content (AvgIpc) is 2.21. The maximum atomic E-state index is 10.2. The van der Waals surface area contributed by atoms with Gasteiger partial charge in [0.2, 0.25) is 0 Å². The van der Waals surface area contributed by atoms with Crippen LogP contribution in [0.4, 0.5) is 0 Å². The largest absolute Gasteiger partial charge is 0.494 e. The van der Waals surface area contributed by atoms with E-state index in [-0.39, 0.29) is 8.46 Å². The number of benzene rings is 1. The Kier molecular flexibility index (Phi) is 9.02. The second-order valence-electron chi connectivity index (χ2n) is 1.98. The lowest BCUT2D eigenvalue weighted by molar-refractivity contribution is 0.365. The van der Waals surface area contributed by atoms with Crippen LogP contribution in [0, 0.1) is 0 Å².